The van der Waals surface area contributed by atoms with E-state index in [0.29, 0.717) is 16.7 Å². The van der Waals surface area contributed by atoms with Gasteiger partial charge in [0.05, 0.1) is 11.8 Å². The fourth-order valence-electron chi connectivity index (χ4n) is 7.40. The molecule has 0 heterocycles. The Balaban J connectivity index is 1.65. The van der Waals surface area contributed by atoms with Crippen LogP contribution in [0.3, 0.4) is 0 Å². The fourth-order valence-corrected chi connectivity index (χ4v) is 7.40. The summed E-state index contributed by atoms with van der Waals surface area (Å²) in [6, 6.07) is 0. The molecule has 7 atom stereocenters. The van der Waals surface area contributed by atoms with Crippen molar-refractivity contribution in [1.29, 1.82) is 0 Å². The minimum Gasteiger partial charge on any atom is -0.411 e. The topological polar surface area (TPSA) is 52.8 Å². The molecule has 0 amide bonds. The van der Waals surface area contributed by atoms with Crippen molar-refractivity contribution in [2.75, 3.05) is 0 Å². The summed E-state index contributed by atoms with van der Waals surface area (Å²) in [6.07, 6.45) is 11.7. The number of aliphatic hydroxyl groups is 1. The van der Waals surface area contributed by atoms with E-state index in [1.54, 1.807) is 5.57 Å². The average molecular weight is 332 g/mol. The molecule has 4 aliphatic rings. The summed E-state index contributed by atoms with van der Waals surface area (Å²) in [7, 11) is 0. The summed E-state index contributed by atoms with van der Waals surface area (Å²) >= 11 is 0. The van der Waals surface area contributed by atoms with E-state index in [9.17, 15) is 10.3 Å². The van der Waals surface area contributed by atoms with Gasteiger partial charge in [0.1, 0.15) is 0 Å². The van der Waals surface area contributed by atoms with Crippen LogP contribution in [0.4, 0.5) is 0 Å². The van der Waals surface area contributed by atoms with E-state index in [2.05, 4.69) is 25.1 Å². The molecule has 3 saturated carbocycles. The highest BCUT2D eigenvalue weighted by atomic mass is 16.4. The van der Waals surface area contributed by atoms with Crippen LogP contribution in [0.15, 0.2) is 16.8 Å². The first-order valence-corrected chi connectivity index (χ1v) is 9.96. The molecule has 3 heteroatoms. The van der Waals surface area contributed by atoms with Gasteiger partial charge in [0.15, 0.2) is 0 Å². The first kappa shape index (κ1) is 16.6. The average Bonchev–Trinajstić information content (AvgIpc) is 2.92. The molecule has 0 spiro atoms. The minimum atomic E-state index is -0.117. The molecule has 24 heavy (non-hydrogen) atoms. The van der Waals surface area contributed by atoms with E-state index in [-0.39, 0.29) is 6.10 Å². The largest absolute Gasteiger partial charge is 0.411 e. The lowest BCUT2D eigenvalue weighted by atomic mass is 9.47. The van der Waals surface area contributed by atoms with Crippen molar-refractivity contribution in [2.45, 2.75) is 78.2 Å². The number of allylic oxidation sites excluding steroid dienone is 1. The Labute approximate surface area is 146 Å². The van der Waals surface area contributed by atoms with Crippen LogP contribution in [-0.2, 0) is 0 Å². The van der Waals surface area contributed by atoms with Crippen LogP contribution in [0, 0.1) is 34.5 Å². The third-order valence-electron chi connectivity index (χ3n) is 8.74. The molecule has 134 valence electrons. The van der Waals surface area contributed by atoms with Gasteiger partial charge in [-0.1, -0.05) is 30.7 Å². The first-order chi connectivity index (χ1) is 11.4. The third kappa shape index (κ3) is 2.16. The van der Waals surface area contributed by atoms with Gasteiger partial charge in [-0.25, -0.2) is 0 Å². The summed E-state index contributed by atoms with van der Waals surface area (Å²) in [5, 5.41) is 23.0. The molecule has 0 aromatic heterocycles. The quantitative estimate of drug-likeness (QED) is 0.314. The molecule has 0 aromatic rings. The van der Waals surface area contributed by atoms with Gasteiger partial charge >= 0.3 is 0 Å². The zero-order valence-electron chi connectivity index (χ0n) is 15.5. The summed E-state index contributed by atoms with van der Waals surface area (Å²) in [6.45, 7) is 6.95. The summed E-state index contributed by atoms with van der Waals surface area (Å²) in [5.74, 6) is 2.79. The van der Waals surface area contributed by atoms with Crippen LogP contribution < -0.4 is 0 Å². The molecule has 0 bridgehead atoms. The number of hydrogen-bond acceptors (Lipinski definition) is 3. The van der Waals surface area contributed by atoms with E-state index < -0.39 is 0 Å². The minimum absolute atomic E-state index is 0.117. The molecule has 3 fully saturated rings. The lowest BCUT2D eigenvalue weighted by Crippen LogP contribution is -2.50. The number of oxime groups is 1. The van der Waals surface area contributed by atoms with Gasteiger partial charge in [-0.3, -0.25) is 0 Å². The second kappa shape index (κ2) is 5.59. The van der Waals surface area contributed by atoms with E-state index in [4.69, 9.17) is 0 Å². The second-order valence-corrected chi connectivity index (χ2v) is 9.57. The maximum absolute atomic E-state index is 10.1. The normalized spacial score (nSPS) is 51.4. The van der Waals surface area contributed by atoms with Crippen molar-refractivity contribution in [3.05, 3.63) is 11.6 Å². The highest BCUT2D eigenvalue weighted by Gasteiger charge is 2.59. The Morgan fingerprint density at radius 2 is 1.92 bits per heavy atom. The maximum atomic E-state index is 10.1. The van der Waals surface area contributed by atoms with Crippen LogP contribution >= 0.6 is 0 Å². The van der Waals surface area contributed by atoms with Gasteiger partial charge < -0.3 is 10.3 Å². The fraction of sp³-hybridized carbons (Fsp3) is 0.857. The van der Waals surface area contributed by atoms with E-state index in [0.717, 1.165) is 42.7 Å². The number of aliphatic hydroxyl groups excluding tert-OH is 1. The monoisotopic (exact) mass is 331 g/mol. The maximum Gasteiger partial charge on any atom is 0.0577 e. The summed E-state index contributed by atoms with van der Waals surface area (Å²) in [4.78, 5) is 0. The highest BCUT2D eigenvalue weighted by molar-refractivity contribution is 5.85. The predicted molar refractivity (Wildman–Crippen MR) is 96.1 cm³/mol. The van der Waals surface area contributed by atoms with E-state index >= 15 is 0 Å². The number of nitrogens with zero attached hydrogens (tertiary/aromatic N) is 1. The van der Waals surface area contributed by atoms with E-state index in [1.807, 2.05) is 6.92 Å². The first-order valence-electron chi connectivity index (χ1n) is 9.96. The molecule has 0 aromatic carbocycles. The van der Waals surface area contributed by atoms with Crippen molar-refractivity contribution in [3.8, 4) is 0 Å². The van der Waals surface area contributed by atoms with Gasteiger partial charge in [-0.15, -0.1) is 0 Å². The molecule has 3 nitrogen and oxygen atoms in total. The van der Waals surface area contributed by atoms with Crippen LogP contribution in [0.1, 0.15) is 72.1 Å². The van der Waals surface area contributed by atoms with Gasteiger partial charge in [-0.2, -0.15) is 0 Å². The van der Waals surface area contributed by atoms with Crippen LogP contribution in [0.5, 0.6) is 0 Å². The molecular formula is C21H33NO2. The molecule has 0 aliphatic heterocycles. The highest BCUT2D eigenvalue weighted by Crippen LogP contribution is 2.66. The predicted octanol–water partition coefficient (Wildman–Crippen LogP) is 4.78. The van der Waals surface area contributed by atoms with E-state index in [1.165, 1.54) is 32.1 Å². The van der Waals surface area contributed by atoms with Crippen LogP contribution in [-0.4, -0.2) is 22.1 Å². The summed E-state index contributed by atoms with van der Waals surface area (Å²) < 4.78 is 0. The van der Waals surface area contributed by atoms with Crippen molar-refractivity contribution >= 4 is 5.71 Å². The van der Waals surface area contributed by atoms with Crippen LogP contribution in [0.25, 0.3) is 0 Å². The Hall–Kier alpha value is -0.830. The Morgan fingerprint density at radius 1 is 1.12 bits per heavy atom. The van der Waals surface area contributed by atoms with Gasteiger partial charge in [0.2, 0.25) is 0 Å². The van der Waals surface area contributed by atoms with Crippen LogP contribution in [0.2, 0.25) is 0 Å². The number of rotatable bonds is 1. The molecule has 4 rings (SSSR count). The number of fused-ring (bicyclic) bond motifs is 5. The molecular weight excluding hydrogens is 298 g/mol. The molecule has 0 saturated heterocycles. The molecule has 4 aliphatic carbocycles. The van der Waals surface area contributed by atoms with Gasteiger partial charge in [-0.05, 0) is 86.9 Å². The smallest absolute Gasteiger partial charge is 0.0577 e. The van der Waals surface area contributed by atoms with Crippen molar-refractivity contribution in [1.82, 2.24) is 0 Å². The van der Waals surface area contributed by atoms with Crippen molar-refractivity contribution in [3.63, 3.8) is 0 Å². The lowest BCUT2D eigenvalue weighted by Gasteiger charge is -2.58. The molecule has 0 unspecified atom stereocenters. The van der Waals surface area contributed by atoms with Gasteiger partial charge in [0.25, 0.3) is 0 Å². The Bertz CT molecular complexity index is 582. The zero-order valence-corrected chi connectivity index (χ0v) is 15.5. The third-order valence-corrected chi connectivity index (χ3v) is 8.74. The Kier molecular flexibility index (Phi) is 3.87. The SMILES string of the molecule is C/C(=N/O)[C@@H]1CC[C@@H]2[C@H]3CC=C4C[C@H](O)CC[C@]4(C)[C@@H]3CC[C@@]21C. The zero-order chi connectivity index (χ0) is 17.1. The number of hydrogen-bond donors (Lipinski definition) is 2. The lowest BCUT2D eigenvalue weighted by molar-refractivity contribution is -0.0425. The summed E-state index contributed by atoms with van der Waals surface area (Å²) in [5.41, 5.74) is 3.13. The van der Waals surface area contributed by atoms with Crippen molar-refractivity contribution < 1.29 is 10.3 Å². The van der Waals surface area contributed by atoms with Crippen molar-refractivity contribution in [2.24, 2.45) is 39.7 Å². The standard InChI is InChI=1S/C21H33NO2/c1-13(22-24)17-6-7-18-16-5-4-14-12-15(23)8-10-20(14,2)19(16)9-11-21(17,18)3/h4,15-19,23-24H,5-12H2,1-3H3/b22-13-/t15-,16-,17+,18-,19-,20+,21-/m1/s1. The molecule has 2 N–H and O–H groups in total. The Morgan fingerprint density at radius 3 is 2.67 bits per heavy atom. The van der Waals surface area contributed by atoms with Gasteiger partial charge in [0, 0.05) is 5.92 Å². The molecule has 0 radical (unpaired) electrons. The second-order valence-electron chi connectivity index (χ2n) is 9.57.